The molecule has 0 atom stereocenters. The molecule has 0 aliphatic heterocycles. The summed E-state index contributed by atoms with van der Waals surface area (Å²) in [5, 5.41) is 0.452. The molecule has 0 radical (unpaired) electrons. The highest BCUT2D eigenvalue weighted by Gasteiger charge is 2.10. The molecule has 1 heterocycles. The lowest BCUT2D eigenvalue weighted by Crippen LogP contribution is -2.13. The highest BCUT2D eigenvalue weighted by Crippen LogP contribution is 2.23. The van der Waals surface area contributed by atoms with Gasteiger partial charge in [-0.2, -0.15) is 0 Å². The van der Waals surface area contributed by atoms with Crippen LogP contribution in [-0.2, 0) is 9.53 Å². The Labute approximate surface area is 149 Å². The molecule has 1 aromatic heterocycles. The van der Waals surface area contributed by atoms with Gasteiger partial charge in [-0.25, -0.2) is 4.98 Å². The first-order valence-corrected chi connectivity index (χ1v) is 8.64. The van der Waals surface area contributed by atoms with Crippen molar-refractivity contribution in [3.63, 3.8) is 0 Å². The van der Waals surface area contributed by atoms with Crippen molar-refractivity contribution in [2.75, 3.05) is 26.1 Å². The normalized spacial score (nSPS) is 10.6. The van der Waals surface area contributed by atoms with Crippen LogP contribution >= 0.6 is 11.8 Å². The Morgan fingerprint density at radius 2 is 1.84 bits per heavy atom. The smallest absolute Gasteiger partial charge is 0.316 e. The molecule has 25 heavy (non-hydrogen) atoms. The van der Waals surface area contributed by atoms with E-state index in [0.717, 1.165) is 11.3 Å². The summed E-state index contributed by atoms with van der Waals surface area (Å²) < 4.78 is 21.2. The van der Waals surface area contributed by atoms with Gasteiger partial charge < -0.3 is 18.6 Å². The van der Waals surface area contributed by atoms with Gasteiger partial charge >= 0.3 is 5.97 Å². The number of nitrogens with zero attached hydrogens (tertiary/aromatic N) is 1. The molecule has 0 amide bonds. The van der Waals surface area contributed by atoms with Gasteiger partial charge in [-0.05, 0) is 36.4 Å². The Hall–Kier alpha value is -2.67. The van der Waals surface area contributed by atoms with Crippen molar-refractivity contribution in [3.05, 3.63) is 48.5 Å². The number of rotatable bonds is 8. The second-order valence-corrected chi connectivity index (χ2v) is 5.91. The largest absolute Gasteiger partial charge is 0.497 e. The minimum absolute atomic E-state index is 0.134. The summed E-state index contributed by atoms with van der Waals surface area (Å²) in [7, 11) is 1.61. The third-order valence-corrected chi connectivity index (χ3v) is 4.06. The maximum atomic E-state index is 11.7. The average Bonchev–Trinajstić information content (AvgIpc) is 3.07. The van der Waals surface area contributed by atoms with Crippen LogP contribution in [0.1, 0.15) is 0 Å². The number of fused-ring (bicyclic) bond motifs is 1. The first kappa shape index (κ1) is 17.2. The Morgan fingerprint density at radius 3 is 2.60 bits per heavy atom. The average molecular weight is 359 g/mol. The molecule has 7 heteroatoms. The molecule has 0 spiro atoms. The van der Waals surface area contributed by atoms with E-state index in [2.05, 4.69) is 4.98 Å². The summed E-state index contributed by atoms with van der Waals surface area (Å²) in [5.74, 6) is 1.24. The summed E-state index contributed by atoms with van der Waals surface area (Å²) in [4.78, 5) is 16.0. The summed E-state index contributed by atoms with van der Waals surface area (Å²) >= 11 is 1.21. The zero-order valence-electron chi connectivity index (χ0n) is 13.6. The zero-order chi connectivity index (χ0) is 17.5. The van der Waals surface area contributed by atoms with Crippen molar-refractivity contribution >= 4 is 28.8 Å². The van der Waals surface area contributed by atoms with E-state index in [-0.39, 0.29) is 24.9 Å². The van der Waals surface area contributed by atoms with Gasteiger partial charge in [-0.1, -0.05) is 23.9 Å². The van der Waals surface area contributed by atoms with Crippen molar-refractivity contribution in [1.29, 1.82) is 0 Å². The topological polar surface area (TPSA) is 70.8 Å². The molecule has 0 fully saturated rings. The molecule has 0 saturated heterocycles. The van der Waals surface area contributed by atoms with Crippen LogP contribution in [0.2, 0.25) is 0 Å². The molecule has 0 bridgehead atoms. The lowest BCUT2D eigenvalue weighted by atomic mass is 10.3. The number of ether oxygens (including phenoxy) is 3. The van der Waals surface area contributed by atoms with Crippen LogP contribution in [0.4, 0.5) is 0 Å². The van der Waals surface area contributed by atoms with Gasteiger partial charge in [0.1, 0.15) is 36.0 Å². The SMILES string of the molecule is COc1ccc(OCCOC(=O)CSc2nc3ccccc3o2)cc1. The number of carbonyl (C=O) groups excluding carboxylic acids is 1. The molecular weight excluding hydrogens is 342 g/mol. The molecule has 0 aliphatic carbocycles. The van der Waals surface area contributed by atoms with Crippen molar-refractivity contribution in [1.82, 2.24) is 4.98 Å². The van der Waals surface area contributed by atoms with Gasteiger partial charge in [0.05, 0.1) is 7.11 Å². The van der Waals surface area contributed by atoms with Crippen molar-refractivity contribution in [2.45, 2.75) is 5.22 Å². The highest BCUT2D eigenvalue weighted by molar-refractivity contribution is 7.99. The standard InChI is InChI=1S/C18H17NO5S/c1-21-13-6-8-14(9-7-13)22-10-11-23-17(20)12-25-18-19-15-4-2-3-5-16(15)24-18/h2-9H,10-12H2,1H3. The summed E-state index contributed by atoms with van der Waals surface area (Å²) in [6.45, 7) is 0.463. The quantitative estimate of drug-likeness (QED) is 0.346. The minimum atomic E-state index is -0.342. The van der Waals surface area contributed by atoms with Gasteiger partial charge in [0.2, 0.25) is 0 Å². The minimum Gasteiger partial charge on any atom is -0.497 e. The van der Waals surface area contributed by atoms with Gasteiger partial charge in [-0.15, -0.1) is 0 Å². The van der Waals surface area contributed by atoms with E-state index in [9.17, 15) is 4.79 Å². The van der Waals surface area contributed by atoms with Crippen LogP contribution in [0, 0.1) is 0 Å². The number of para-hydroxylation sites is 2. The van der Waals surface area contributed by atoms with E-state index in [1.807, 2.05) is 24.3 Å². The lowest BCUT2D eigenvalue weighted by molar-refractivity contribution is -0.141. The van der Waals surface area contributed by atoms with Crippen LogP contribution in [0.25, 0.3) is 11.1 Å². The van der Waals surface area contributed by atoms with Crippen LogP contribution in [0.3, 0.4) is 0 Å². The molecule has 0 unspecified atom stereocenters. The number of hydrogen-bond acceptors (Lipinski definition) is 7. The monoisotopic (exact) mass is 359 g/mol. The Kier molecular flexibility index (Phi) is 5.79. The number of hydrogen-bond donors (Lipinski definition) is 0. The van der Waals surface area contributed by atoms with E-state index in [4.69, 9.17) is 18.6 Å². The number of carbonyl (C=O) groups is 1. The fraction of sp³-hybridized carbons (Fsp3) is 0.222. The van der Waals surface area contributed by atoms with Crippen LogP contribution < -0.4 is 9.47 Å². The molecule has 3 rings (SSSR count). The molecule has 0 N–H and O–H groups in total. The first-order chi connectivity index (χ1) is 12.2. The van der Waals surface area contributed by atoms with Crippen molar-refractivity contribution in [3.8, 4) is 11.5 Å². The molecule has 0 aliphatic rings. The van der Waals surface area contributed by atoms with Crippen LogP contribution in [-0.4, -0.2) is 37.0 Å². The lowest BCUT2D eigenvalue weighted by Gasteiger charge is -2.07. The van der Waals surface area contributed by atoms with E-state index in [0.29, 0.717) is 16.6 Å². The van der Waals surface area contributed by atoms with Crippen LogP contribution in [0.15, 0.2) is 58.2 Å². The zero-order valence-corrected chi connectivity index (χ0v) is 14.5. The number of oxazole rings is 1. The van der Waals surface area contributed by atoms with Crippen LogP contribution in [0.5, 0.6) is 11.5 Å². The third-order valence-electron chi connectivity index (χ3n) is 3.26. The Bertz CT molecular complexity index is 798. The molecule has 0 saturated carbocycles. The summed E-state index contributed by atoms with van der Waals surface area (Å²) in [5.41, 5.74) is 1.47. The number of methoxy groups -OCH3 is 1. The second kappa shape index (κ2) is 8.43. The summed E-state index contributed by atoms with van der Waals surface area (Å²) in [6, 6.07) is 14.7. The van der Waals surface area contributed by atoms with Gasteiger partial charge in [0.15, 0.2) is 5.58 Å². The molecular formula is C18H17NO5S. The maximum Gasteiger partial charge on any atom is 0.316 e. The van der Waals surface area contributed by atoms with Gasteiger partial charge in [0.25, 0.3) is 5.22 Å². The highest BCUT2D eigenvalue weighted by atomic mass is 32.2. The summed E-state index contributed by atoms with van der Waals surface area (Å²) in [6.07, 6.45) is 0. The fourth-order valence-electron chi connectivity index (χ4n) is 2.06. The first-order valence-electron chi connectivity index (χ1n) is 7.65. The molecule has 2 aromatic carbocycles. The Balaban J connectivity index is 1.36. The predicted octanol–water partition coefficient (Wildman–Crippen LogP) is 3.55. The van der Waals surface area contributed by atoms with E-state index in [1.54, 1.807) is 31.4 Å². The van der Waals surface area contributed by atoms with E-state index >= 15 is 0 Å². The molecule has 130 valence electrons. The number of aromatic nitrogens is 1. The third kappa shape index (κ3) is 4.90. The van der Waals surface area contributed by atoms with E-state index in [1.165, 1.54) is 11.8 Å². The molecule has 6 nitrogen and oxygen atoms in total. The van der Waals surface area contributed by atoms with E-state index < -0.39 is 0 Å². The number of thioether (sulfide) groups is 1. The van der Waals surface area contributed by atoms with Gasteiger partial charge in [0, 0.05) is 0 Å². The van der Waals surface area contributed by atoms with Crippen molar-refractivity contribution in [2.24, 2.45) is 0 Å². The Morgan fingerprint density at radius 1 is 1.08 bits per heavy atom. The van der Waals surface area contributed by atoms with Crippen molar-refractivity contribution < 1.29 is 23.4 Å². The fourth-order valence-corrected chi connectivity index (χ4v) is 2.70. The second-order valence-electron chi connectivity index (χ2n) is 4.98. The number of benzene rings is 2. The van der Waals surface area contributed by atoms with Gasteiger partial charge in [-0.3, -0.25) is 4.79 Å². The maximum absolute atomic E-state index is 11.7. The molecule has 3 aromatic rings. The predicted molar refractivity (Wildman–Crippen MR) is 94.2 cm³/mol. The number of esters is 1.